The van der Waals surface area contributed by atoms with Crippen LogP contribution in [0.3, 0.4) is 0 Å². The van der Waals surface area contributed by atoms with Crippen LogP contribution in [0, 0.1) is 0 Å². The Morgan fingerprint density at radius 3 is 2.47 bits per heavy atom. The first kappa shape index (κ1) is 18.0. The van der Waals surface area contributed by atoms with Gasteiger partial charge in [-0.1, -0.05) is 13.5 Å². The number of nitrogens with zero attached hydrogens (tertiary/aromatic N) is 2. The third-order valence-corrected chi connectivity index (χ3v) is 1.86. The molecule has 0 aromatic heterocycles. The molecule has 4 nitrogen and oxygen atoms in total. The Kier molecular flexibility index (Phi) is 13.4. The predicted molar refractivity (Wildman–Crippen MR) is 77.0 cm³/mol. The lowest BCUT2D eigenvalue weighted by Gasteiger charge is -2.16. The van der Waals surface area contributed by atoms with Gasteiger partial charge in [-0.25, -0.2) is 4.99 Å². The van der Waals surface area contributed by atoms with Gasteiger partial charge >= 0.3 is 0 Å². The molecule has 0 bridgehead atoms. The zero-order valence-electron chi connectivity index (χ0n) is 11.5. The van der Waals surface area contributed by atoms with E-state index in [1.165, 1.54) is 0 Å². The van der Waals surface area contributed by atoms with Gasteiger partial charge in [-0.15, -0.1) is 13.2 Å². The largest absolute Gasteiger partial charge is 0.383 e. The van der Waals surface area contributed by atoms with E-state index in [0.717, 1.165) is 12.1 Å². The standard InChI is InChI=1S/C11H21N3O.C2H4/c1-6-11(8-15-5)14-10(3)13-9(2)7-12-4;1-2/h7,11,14H,3,6,8H2,1-2,4-5H3;1-2H2/b12-7?,13-9-;/t11-;/m1./s1. The molecular formula is C13H25N3O. The van der Waals surface area contributed by atoms with Crippen molar-refractivity contribution in [2.24, 2.45) is 9.98 Å². The normalized spacial score (nSPS) is 12.8. The first-order valence-electron chi connectivity index (χ1n) is 5.55. The van der Waals surface area contributed by atoms with Crippen molar-refractivity contribution >= 4 is 11.9 Å². The minimum atomic E-state index is 0.262. The molecule has 0 rings (SSSR count). The van der Waals surface area contributed by atoms with Crippen LogP contribution in [-0.2, 0) is 4.74 Å². The van der Waals surface area contributed by atoms with Crippen molar-refractivity contribution < 1.29 is 4.74 Å². The molecule has 0 fully saturated rings. The molecule has 0 radical (unpaired) electrons. The Hall–Kier alpha value is -1.42. The van der Waals surface area contributed by atoms with Gasteiger partial charge in [0.2, 0.25) is 0 Å². The zero-order valence-corrected chi connectivity index (χ0v) is 11.5. The highest BCUT2D eigenvalue weighted by molar-refractivity contribution is 6.29. The molecule has 0 unspecified atom stereocenters. The van der Waals surface area contributed by atoms with Crippen LogP contribution < -0.4 is 5.32 Å². The molecule has 0 aliphatic carbocycles. The predicted octanol–water partition coefficient (Wildman–Crippen LogP) is 2.44. The number of aliphatic imine (C=N–C) groups is 2. The van der Waals surface area contributed by atoms with Gasteiger partial charge in [0, 0.05) is 20.4 Å². The van der Waals surface area contributed by atoms with Crippen molar-refractivity contribution in [2.45, 2.75) is 26.3 Å². The first-order chi connectivity index (χ1) is 8.13. The maximum Gasteiger partial charge on any atom is 0.119 e. The van der Waals surface area contributed by atoms with Crippen molar-refractivity contribution in [3.63, 3.8) is 0 Å². The molecule has 1 atom stereocenters. The first-order valence-corrected chi connectivity index (χ1v) is 5.55. The monoisotopic (exact) mass is 239 g/mol. The van der Waals surface area contributed by atoms with Gasteiger partial charge in [0.1, 0.15) is 5.82 Å². The van der Waals surface area contributed by atoms with Crippen LogP contribution in [0.25, 0.3) is 0 Å². The molecule has 98 valence electrons. The van der Waals surface area contributed by atoms with Crippen LogP contribution in [0.5, 0.6) is 0 Å². The SMILES string of the molecule is C=C.C=C(/N=C(/C)C=NC)N[C@H](CC)COC. The summed E-state index contributed by atoms with van der Waals surface area (Å²) >= 11 is 0. The molecule has 0 spiro atoms. The van der Waals surface area contributed by atoms with Gasteiger partial charge < -0.3 is 10.1 Å². The van der Waals surface area contributed by atoms with Gasteiger partial charge in [-0.3, -0.25) is 4.99 Å². The molecule has 0 saturated heterocycles. The molecule has 0 saturated carbocycles. The Labute approximate surface area is 105 Å². The molecule has 1 N–H and O–H groups in total. The summed E-state index contributed by atoms with van der Waals surface area (Å²) in [5, 5.41) is 3.19. The van der Waals surface area contributed by atoms with Crippen LogP contribution in [0.15, 0.2) is 35.5 Å². The highest BCUT2D eigenvalue weighted by Gasteiger charge is 2.04. The van der Waals surface area contributed by atoms with Crippen LogP contribution in [0.1, 0.15) is 20.3 Å². The topological polar surface area (TPSA) is 46.0 Å². The molecule has 0 aromatic carbocycles. The summed E-state index contributed by atoms with van der Waals surface area (Å²) in [6.07, 6.45) is 2.67. The smallest absolute Gasteiger partial charge is 0.119 e. The second kappa shape index (κ2) is 12.6. The van der Waals surface area contributed by atoms with Crippen LogP contribution in [0.4, 0.5) is 0 Å². The summed E-state index contributed by atoms with van der Waals surface area (Å²) in [4.78, 5) is 8.12. The average Bonchev–Trinajstić information content (AvgIpc) is 2.31. The molecule has 0 amide bonds. The number of methoxy groups -OCH3 is 1. The summed E-state index contributed by atoms with van der Waals surface area (Å²) in [5.41, 5.74) is 0.835. The fraction of sp³-hybridized carbons (Fsp3) is 0.538. The molecule has 0 aliphatic rings. The van der Waals surface area contributed by atoms with Gasteiger partial charge in [-0.2, -0.15) is 0 Å². The minimum absolute atomic E-state index is 0.262. The summed E-state index contributed by atoms with van der Waals surface area (Å²) in [6, 6.07) is 0.262. The second-order valence-electron chi connectivity index (χ2n) is 3.29. The van der Waals surface area contributed by atoms with E-state index in [0.29, 0.717) is 12.4 Å². The van der Waals surface area contributed by atoms with Crippen molar-refractivity contribution in [3.05, 3.63) is 25.6 Å². The number of ether oxygens (including phenoxy) is 1. The van der Waals surface area contributed by atoms with E-state index in [-0.39, 0.29) is 6.04 Å². The minimum Gasteiger partial charge on any atom is -0.383 e. The van der Waals surface area contributed by atoms with Gasteiger partial charge in [0.05, 0.1) is 18.4 Å². The molecule has 0 aliphatic heterocycles. The lowest BCUT2D eigenvalue weighted by Crippen LogP contribution is -2.31. The summed E-state index contributed by atoms with van der Waals surface area (Å²) in [6.45, 7) is 14.5. The highest BCUT2D eigenvalue weighted by Crippen LogP contribution is 1.97. The van der Waals surface area contributed by atoms with Crippen LogP contribution >= 0.6 is 0 Å². The van der Waals surface area contributed by atoms with Crippen LogP contribution in [0.2, 0.25) is 0 Å². The van der Waals surface area contributed by atoms with Crippen molar-refractivity contribution in [2.75, 3.05) is 20.8 Å². The van der Waals surface area contributed by atoms with E-state index < -0.39 is 0 Å². The van der Waals surface area contributed by atoms with Gasteiger partial charge in [0.15, 0.2) is 0 Å². The molecule has 17 heavy (non-hydrogen) atoms. The third kappa shape index (κ3) is 10.9. The lowest BCUT2D eigenvalue weighted by molar-refractivity contribution is 0.168. The maximum atomic E-state index is 5.07. The number of hydrogen-bond donors (Lipinski definition) is 1. The lowest BCUT2D eigenvalue weighted by atomic mass is 10.2. The fourth-order valence-corrected chi connectivity index (χ4v) is 1.16. The van der Waals surface area contributed by atoms with E-state index in [1.807, 2.05) is 6.92 Å². The number of rotatable bonds is 7. The van der Waals surface area contributed by atoms with Crippen molar-refractivity contribution in [3.8, 4) is 0 Å². The molecule has 4 heteroatoms. The molecule has 0 aromatic rings. The maximum absolute atomic E-state index is 5.07. The highest BCUT2D eigenvalue weighted by atomic mass is 16.5. The van der Waals surface area contributed by atoms with E-state index >= 15 is 0 Å². The molecular weight excluding hydrogens is 214 g/mol. The Bertz CT molecular complexity index is 259. The third-order valence-electron chi connectivity index (χ3n) is 1.86. The zero-order chi connectivity index (χ0) is 13.7. The Morgan fingerprint density at radius 2 is 2.06 bits per heavy atom. The number of hydrogen-bond acceptors (Lipinski definition) is 4. The summed E-state index contributed by atoms with van der Waals surface area (Å²) < 4.78 is 5.07. The fourth-order valence-electron chi connectivity index (χ4n) is 1.16. The Morgan fingerprint density at radius 1 is 1.47 bits per heavy atom. The summed E-state index contributed by atoms with van der Waals surface area (Å²) in [5.74, 6) is 0.649. The van der Waals surface area contributed by atoms with Crippen molar-refractivity contribution in [1.82, 2.24) is 5.32 Å². The van der Waals surface area contributed by atoms with Crippen LogP contribution in [-0.4, -0.2) is 38.7 Å². The van der Waals surface area contributed by atoms with E-state index in [4.69, 9.17) is 4.74 Å². The molecule has 0 heterocycles. The summed E-state index contributed by atoms with van der Waals surface area (Å²) in [7, 11) is 3.40. The Balaban J connectivity index is 0. The van der Waals surface area contributed by atoms with E-state index in [2.05, 4.69) is 42.0 Å². The van der Waals surface area contributed by atoms with E-state index in [9.17, 15) is 0 Å². The number of nitrogens with one attached hydrogen (secondary N) is 1. The quantitative estimate of drug-likeness (QED) is 0.548. The van der Waals surface area contributed by atoms with Crippen molar-refractivity contribution in [1.29, 1.82) is 0 Å². The average molecular weight is 239 g/mol. The van der Waals surface area contributed by atoms with Gasteiger partial charge in [-0.05, 0) is 13.3 Å². The second-order valence-corrected chi connectivity index (χ2v) is 3.29. The van der Waals surface area contributed by atoms with Gasteiger partial charge in [0.25, 0.3) is 0 Å². The van der Waals surface area contributed by atoms with E-state index in [1.54, 1.807) is 20.4 Å².